The predicted molar refractivity (Wildman–Crippen MR) is 60.0 cm³/mol. The number of hydrogen-bond donors (Lipinski definition) is 1. The van der Waals surface area contributed by atoms with Gasteiger partial charge in [-0.2, -0.15) is 0 Å². The quantitative estimate of drug-likeness (QED) is 0.834. The average molecular weight is 220 g/mol. The number of pyridine rings is 1. The summed E-state index contributed by atoms with van der Waals surface area (Å²) in [4.78, 5) is 17.1. The first-order valence-electron chi connectivity index (χ1n) is 5.51. The van der Waals surface area contributed by atoms with Gasteiger partial charge in [-0.05, 0) is 37.1 Å². The van der Waals surface area contributed by atoms with Crippen LogP contribution in [-0.2, 0) is 11.3 Å². The highest BCUT2D eigenvalue weighted by molar-refractivity contribution is 5.70. The summed E-state index contributed by atoms with van der Waals surface area (Å²) < 4.78 is 0. The minimum absolute atomic E-state index is 0.197. The van der Waals surface area contributed by atoms with Gasteiger partial charge in [0.2, 0.25) is 0 Å². The maximum atomic E-state index is 10.8. The second-order valence-corrected chi connectivity index (χ2v) is 4.36. The molecule has 16 heavy (non-hydrogen) atoms. The summed E-state index contributed by atoms with van der Waals surface area (Å²) in [6.07, 6.45) is 4.40. The Morgan fingerprint density at radius 3 is 3.12 bits per heavy atom. The van der Waals surface area contributed by atoms with E-state index in [1.165, 1.54) is 11.1 Å². The molecule has 0 bridgehead atoms. The Morgan fingerprint density at radius 2 is 2.50 bits per heavy atom. The molecule has 0 aromatic carbocycles. The molecule has 1 aliphatic rings. The van der Waals surface area contributed by atoms with E-state index in [9.17, 15) is 4.79 Å². The van der Waals surface area contributed by atoms with Crippen LogP contribution in [0, 0.1) is 12.8 Å². The van der Waals surface area contributed by atoms with Gasteiger partial charge in [0, 0.05) is 25.5 Å². The van der Waals surface area contributed by atoms with Crippen LogP contribution in [0.25, 0.3) is 0 Å². The highest BCUT2D eigenvalue weighted by Crippen LogP contribution is 2.19. The largest absolute Gasteiger partial charge is 0.481 e. The van der Waals surface area contributed by atoms with E-state index in [4.69, 9.17) is 5.11 Å². The van der Waals surface area contributed by atoms with Gasteiger partial charge in [-0.25, -0.2) is 0 Å². The van der Waals surface area contributed by atoms with Gasteiger partial charge in [-0.3, -0.25) is 14.7 Å². The second kappa shape index (κ2) is 4.61. The van der Waals surface area contributed by atoms with Crippen molar-refractivity contribution < 1.29 is 9.90 Å². The van der Waals surface area contributed by atoms with Crippen molar-refractivity contribution in [2.45, 2.75) is 19.9 Å². The number of aryl methyl sites for hydroxylation is 1. The maximum Gasteiger partial charge on any atom is 0.307 e. The van der Waals surface area contributed by atoms with Gasteiger partial charge < -0.3 is 5.11 Å². The first-order valence-corrected chi connectivity index (χ1v) is 5.51. The minimum Gasteiger partial charge on any atom is -0.481 e. The third-order valence-corrected chi connectivity index (χ3v) is 3.16. The number of carbonyl (C=O) groups is 1. The van der Waals surface area contributed by atoms with Crippen molar-refractivity contribution in [3.8, 4) is 0 Å². The first-order chi connectivity index (χ1) is 7.66. The smallest absolute Gasteiger partial charge is 0.307 e. The Balaban J connectivity index is 1.97. The number of nitrogens with zero attached hydrogens (tertiary/aromatic N) is 2. The van der Waals surface area contributed by atoms with Gasteiger partial charge in [0.25, 0.3) is 0 Å². The van der Waals surface area contributed by atoms with E-state index in [0.717, 1.165) is 19.5 Å². The van der Waals surface area contributed by atoms with Crippen molar-refractivity contribution in [2.75, 3.05) is 13.1 Å². The van der Waals surface area contributed by atoms with Crippen molar-refractivity contribution in [1.29, 1.82) is 0 Å². The molecule has 1 aromatic heterocycles. The molecule has 0 aliphatic carbocycles. The highest BCUT2D eigenvalue weighted by Gasteiger charge is 2.27. The molecule has 0 amide bonds. The van der Waals surface area contributed by atoms with Crippen LogP contribution < -0.4 is 0 Å². The Labute approximate surface area is 94.9 Å². The highest BCUT2D eigenvalue weighted by atomic mass is 16.4. The molecular formula is C12H16N2O2. The van der Waals surface area contributed by atoms with Crippen LogP contribution in [0.5, 0.6) is 0 Å². The molecule has 1 fully saturated rings. The van der Waals surface area contributed by atoms with Gasteiger partial charge in [0.15, 0.2) is 0 Å². The molecule has 2 heterocycles. The minimum atomic E-state index is -0.676. The predicted octanol–water partition coefficient (Wildman–Crippen LogP) is 1.30. The monoisotopic (exact) mass is 220 g/mol. The molecule has 1 aromatic rings. The van der Waals surface area contributed by atoms with Crippen molar-refractivity contribution in [3.05, 3.63) is 29.6 Å². The number of hydrogen-bond acceptors (Lipinski definition) is 3. The number of aromatic nitrogens is 1. The molecule has 1 unspecified atom stereocenters. The Hall–Kier alpha value is -1.42. The van der Waals surface area contributed by atoms with Crippen molar-refractivity contribution in [1.82, 2.24) is 9.88 Å². The van der Waals surface area contributed by atoms with Crippen molar-refractivity contribution in [2.24, 2.45) is 5.92 Å². The van der Waals surface area contributed by atoms with Crippen LogP contribution in [0.1, 0.15) is 17.5 Å². The van der Waals surface area contributed by atoms with Crippen LogP contribution in [0.2, 0.25) is 0 Å². The Bertz CT molecular complexity index is 392. The molecule has 1 saturated heterocycles. The molecule has 1 N–H and O–H groups in total. The summed E-state index contributed by atoms with van der Waals surface area (Å²) >= 11 is 0. The summed E-state index contributed by atoms with van der Waals surface area (Å²) in [5.41, 5.74) is 2.40. The zero-order valence-electron chi connectivity index (χ0n) is 9.39. The summed E-state index contributed by atoms with van der Waals surface area (Å²) in [7, 11) is 0. The second-order valence-electron chi connectivity index (χ2n) is 4.36. The summed E-state index contributed by atoms with van der Waals surface area (Å²) in [5, 5.41) is 8.91. The lowest BCUT2D eigenvalue weighted by atomic mass is 10.1. The summed E-state index contributed by atoms with van der Waals surface area (Å²) in [6.45, 7) is 4.39. The zero-order chi connectivity index (χ0) is 11.5. The molecule has 0 spiro atoms. The zero-order valence-corrected chi connectivity index (χ0v) is 9.39. The summed E-state index contributed by atoms with van der Waals surface area (Å²) in [6, 6.07) is 1.99. The molecule has 86 valence electrons. The molecule has 4 nitrogen and oxygen atoms in total. The number of rotatable bonds is 3. The Morgan fingerprint density at radius 1 is 1.69 bits per heavy atom. The number of carboxylic acid groups (broad SMARTS) is 1. The third-order valence-electron chi connectivity index (χ3n) is 3.16. The number of carboxylic acids is 1. The lowest BCUT2D eigenvalue weighted by molar-refractivity contribution is -0.141. The van der Waals surface area contributed by atoms with Gasteiger partial charge in [0.05, 0.1) is 5.92 Å². The molecule has 0 radical (unpaired) electrons. The summed E-state index contributed by atoms with van der Waals surface area (Å²) in [5.74, 6) is -0.873. The SMILES string of the molecule is Cc1ccncc1CN1CCC(C(=O)O)C1. The maximum absolute atomic E-state index is 10.8. The molecular weight excluding hydrogens is 204 g/mol. The van der Waals surface area contributed by atoms with Gasteiger partial charge in [0.1, 0.15) is 0 Å². The molecule has 1 atom stereocenters. The van der Waals surface area contributed by atoms with Crippen LogP contribution in [-0.4, -0.2) is 34.0 Å². The van der Waals surface area contributed by atoms with Crippen LogP contribution in [0.15, 0.2) is 18.5 Å². The van der Waals surface area contributed by atoms with Crippen molar-refractivity contribution in [3.63, 3.8) is 0 Å². The topological polar surface area (TPSA) is 53.4 Å². The lowest BCUT2D eigenvalue weighted by Crippen LogP contribution is -2.23. The fourth-order valence-electron chi connectivity index (χ4n) is 2.08. The fourth-order valence-corrected chi connectivity index (χ4v) is 2.08. The van der Waals surface area contributed by atoms with E-state index in [-0.39, 0.29) is 5.92 Å². The molecule has 1 aliphatic heterocycles. The van der Waals surface area contributed by atoms with Crippen LogP contribution in [0.4, 0.5) is 0 Å². The van der Waals surface area contributed by atoms with E-state index in [1.54, 1.807) is 6.20 Å². The first kappa shape index (κ1) is 11.1. The Kier molecular flexibility index (Phi) is 3.19. The van der Waals surface area contributed by atoms with Crippen LogP contribution >= 0.6 is 0 Å². The molecule has 4 heteroatoms. The van der Waals surface area contributed by atoms with Gasteiger partial charge in [-0.15, -0.1) is 0 Å². The third kappa shape index (κ3) is 2.39. The van der Waals surface area contributed by atoms with E-state index >= 15 is 0 Å². The number of aliphatic carboxylic acids is 1. The standard InChI is InChI=1S/C12H16N2O2/c1-9-2-4-13-6-11(9)8-14-5-3-10(7-14)12(15)16/h2,4,6,10H,3,5,7-8H2,1H3,(H,15,16). The van der Waals surface area contributed by atoms with E-state index < -0.39 is 5.97 Å². The number of likely N-dealkylation sites (tertiary alicyclic amines) is 1. The molecule has 2 rings (SSSR count). The van der Waals surface area contributed by atoms with Crippen molar-refractivity contribution >= 4 is 5.97 Å². The normalized spacial score (nSPS) is 21.2. The van der Waals surface area contributed by atoms with E-state index in [2.05, 4.69) is 16.8 Å². The van der Waals surface area contributed by atoms with Gasteiger partial charge >= 0.3 is 5.97 Å². The average Bonchev–Trinajstić information content (AvgIpc) is 2.70. The van der Waals surface area contributed by atoms with E-state index in [1.807, 2.05) is 12.3 Å². The van der Waals surface area contributed by atoms with Gasteiger partial charge in [-0.1, -0.05) is 0 Å². The molecule has 0 saturated carbocycles. The van der Waals surface area contributed by atoms with Crippen LogP contribution in [0.3, 0.4) is 0 Å². The fraction of sp³-hybridized carbons (Fsp3) is 0.500. The van der Waals surface area contributed by atoms with E-state index in [0.29, 0.717) is 6.54 Å². The lowest BCUT2D eigenvalue weighted by Gasteiger charge is -2.16.